The Kier molecular flexibility index (Phi) is 5.83. The molecule has 1 aliphatic heterocycles. The van der Waals surface area contributed by atoms with Crippen LogP contribution in [0.25, 0.3) is 0 Å². The fourth-order valence-electron chi connectivity index (χ4n) is 4.27. The van der Waals surface area contributed by atoms with Crippen molar-refractivity contribution in [2.24, 2.45) is 5.41 Å². The molecule has 1 atom stereocenters. The van der Waals surface area contributed by atoms with Crippen LogP contribution in [0.4, 0.5) is 0 Å². The summed E-state index contributed by atoms with van der Waals surface area (Å²) in [5.74, 6) is 0.280. The van der Waals surface area contributed by atoms with Gasteiger partial charge in [0.25, 0.3) is 0 Å². The second kappa shape index (κ2) is 8.51. The lowest BCUT2D eigenvalue weighted by Gasteiger charge is -2.29. The van der Waals surface area contributed by atoms with Crippen LogP contribution >= 0.6 is 7.92 Å². The second-order valence-electron chi connectivity index (χ2n) is 8.44. The Morgan fingerprint density at radius 3 is 1.83 bits per heavy atom. The van der Waals surface area contributed by atoms with Crippen molar-refractivity contribution in [2.75, 3.05) is 6.16 Å². The minimum atomic E-state index is -0.518. The quantitative estimate of drug-likeness (QED) is 0.536. The van der Waals surface area contributed by atoms with Gasteiger partial charge in [-0.15, -0.1) is 0 Å². The minimum absolute atomic E-state index is 0.254. The highest BCUT2D eigenvalue weighted by Gasteiger charge is 2.45. The first-order valence-electron chi connectivity index (χ1n) is 10.3. The van der Waals surface area contributed by atoms with Gasteiger partial charge in [0.15, 0.2) is 0 Å². The largest absolute Gasteiger partial charge is 0.335 e. The fraction of sp³-hybridized carbons (Fsp3) is 0.269. The number of rotatable bonds is 6. The number of hydrogen-bond donors (Lipinski definition) is 0. The van der Waals surface area contributed by atoms with E-state index in [-0.39, 0.29) is 17.4 Å². The van der Waals surface area contributed by atoms with E-state index in [1.807, 2.05) is 6.07 Å². The molecule has 0 unspecified atom stereocenters. The summed E-state index contributed by atoms with van der Waals surface area (Å²) in [7, 11) is -0.518. The normalized spacial score (nSPS) is 18.4. The van der Waals surface area contributed by atoms with E-state index in [9.17, 15) is 4.79 Å². The summed E-state index contributed by atoms with van der Waals surface area (Å²) in [5, 5.41) is 2.76. The summed E-state index contributed by atoms with van der Waals surface area (Å²) >= 11 is 0. The van der Waals surface area contributed by atoms with Crippen molar-refractivity contribution in [3.63, 3.8) is 0 Å². The number of benzene rings is 3. The molecule has 0 bridgehead atoms. The van der Waals surface area contributed by atoms with Crippen LogP contribution in [0.5, 0.6) is 0 Å². The van der Waals surface area contributed by atoms with Crippen molar-refractivity contribution in [3.8, 4) is 0 Å². The van der Waals surface area contributed by atoms with E-state index >= 15 is 0 Å². The van der Waals surface area contributed by atoms with Crippen molar-refractivity contribution in [1.82, 2.24) is 4.90 Å². The maximum absolute atomic E-state index is 13.2. The van der Waals surface area contributed by atoms with Gasteiger partial charge in [-0.3, -0.25) is 4.79 Å². The molecule has 29 heavy (non-hydrogen) atoms. The molecule has 1 fully saturated rings. The van der Waals surface area contributed by atoms with Gasteiger partial charge in [-0.1, -0.05) is 105 Å². The number of hydrogen-bond acceptors (Lipinski definition) is 1. The van der Waals surface area contributed by atoms with Crippen molar-refractivity contribution in [2.45, 2.75) is 32.9 Å². The van der Waals surface area contributed by atoms with Crippen LogP contribution in [0.1, 0.15) is 25.8 Å². The Balaban J connectivity index is 1.65. The molecular formula is C26H28NOP. The topological polar surface area (TPSA) is 20.3 Å². The van der Waals surface area contributed by atoms with Gasteiger partial charge in [0.1, 0.15) is 0 Å². The molecule has 0 saturated carbocycles. The van der Waals surface area contributed by atoms with Crippen LogP contribution < -0.4 is 10.6 Å². The van der Waals surface area contributed by atoms with Crippen LogP contribution in [-0.4, -0.2) is 23.0 Å². The lowest BCUT2D eigenvalue weighted by Crippen LogP contribution is -2.37. The smallest absolute Gasteiger partial charge is 0.228 e. The molecule has 0 radical (unpaired) electrons. The summed E-state index contributed by atoms with van der Waals surface area (Å²) in [5.41, 5.74) is 0.903. The van der Waals surface area contributed by atoms with E-state index < -0.39 is 7.92 Å². The van der Waals surface area contributed by atoms with E-state index in [4.69, 9.17) is 0 Å². The van der Waals surface area contributed by atoms with Gasteiger partial charge < -0.3 is 4.90 Å². The average Bonchev–Trinajstić information content (AvgIpc) is 2.97. The van der Waals surface area contributed by atoms with Crippen LogP contribution in [0, 0.1) is 5.41 Å². The number of carbonyl (C=O) groups is 1. The summed E-state index contributed by atoms with van der Waals surface area (Å²) in [6.45, 7) is 4.89. The Morgan fingerprint density at radius 1 is 0.828 bits per heavy atom. The van der Waals surface area contributed by atoms with Gasteiger partial charge in [0, 0.05) is 18.0 Å². The van der Waals surface area contributed by atoms with E-state index in [1.165, 1.54) is 16.2 Å². The van der Waals surface area contributed by atoms with Gasteiger partial charge in [0.2, 0.25) is 5.91 Å². The molecule has 3 aromatic rings. The van der Waals surface area contributed by atoms with Gasteiger partial charge in [-0.05, 0) is 36.7 Å². The first kappa shape index (κ1) is 19.9. The van der Waals surface area contributed by atoms with Crippen molar-refractivity contribution >= 4 is 24.4 Å². The van der Waals surface area contributed by atoms with Crippen LogP contribution in [0.2, 0.25) is 0 Å². The number of nitrogens with zero attached hydrogens (tertiary/aromatic N) is 1. The minimum Gasteiger partial charge on any atom is -0.335 e. The monoisotopic (exact) mass is 401 g/mol. The molecule has 1 amide bonds. The average molecular weight is 401 g/mol. The highest BCUT2D eigenvalue weighted by Crippen LogP contribution is 2.43. The number of amides is 1. The third-order valence-corrected chi connectivity index (χ3v) is 8.38. The highest BCUT2D eigenvalue weighted by atomic mass is 31.1. The molecule has 4 rings (SSSR count). The van der Waals surface area contributed by atoms with E-state index in [0.29, 0.717) is 6.54 Å². The van der Waals surface area contributed by atoms with Crippen molar-refractivity contribution in [3.05, 3.63) is 96.6 Å². The summed E-state index contributed by atoms with van der Waals surface area (Å²) in [6.07, 6.45) is 1.92. The van der Waals surface area contributed by atoms with Gasteiger partial charge >= 0.3 is 0 Å². The molecule has 2 nitrogen and oxygen atoms in total. The molecule has 1 aliphatic rings. The van der Waals surface area contributed by atoms with Crippen LogP contribution in [-0.2, 0) is 11.3 Å². The summed E-state index contributed by atoms with van der Waals surface area (Å²) in [4.78, 5) is 15.4. The molecule has 0 aliphatic carbocycles. The first-order valence-corrected chi connectivity index (χ1v) is 11.8. The predicted octanol–water partition coefficient (Wildman–Crippen LogP) is 4.95. The molecule has 3 aromatic carbocycles. The van der Waals surface area contributed by atoms with E-state index in [1.54, 1.807) is 0 Å². The van der Waals surface area contributed by atoms with Gasteiger partial charge in [-0.2, -0.15) is 0 Å². The Labute approximate surface area is 175 Å². The number of carbonyl (C=O) groups excluding carboxylic acids is 1. The lowest BCUT2D eigenvalue weighted by molar-refractivity contribution is -0.135. The second-order valence-corrected chi connectivity index (χ2v) is 10.7. The molecule has 3 heteroatoms. The third kappa shape index (κ3) is 4.43. The van der Waals surface area contributed by atoms with Crippen molar-refractivity contribution in [1.29, 1.82) is 0 Å². The summed E-state index contributed by atoms with van der Waals surface area (Å²) < 4.78 is 0. The van der Waals surface area contributed by atoms with Crippen LogP contribution in [0.15, 0.2) is 91.0 Å². The molecule has 0 aromatic heterocycles. The SMILES string of the molecule is CC1(C)C[C@@H](CP(c2ccccc2)c2ccccc2)N(Cc2ccccc2)C1=O. The van der Waals surface area contributed by atoms with Gasteiger partial charge in [-0.25, -0.2) is 0 Å². The lowest BCUT2D eigenvalue weighted by atomic mass is 9.90. The maximum Gasteiger partial charge on any atom is 0.228 e. The highest BCUT2D eigenvalue weighted by molar-refractivity contribution is 7.73. The summed E-state index contributed by atoms with van der Waals surface area (Å²) in [6, 6.07) is 32.2. The Morgan fingerprint density at radius 2 is 1.31 bits per heavy atom. The van der Waals surface area contributed by atoms with E-state index in [0.717, 1.165) is 12.6 Å². The maximum atomic E-state index is 13.2. The van der Waals surface area contributed by atoms with Gasteiger partial charge in [0.05, 0.1) is 0 Å². The van der Waals surface area contributed by atoms with Crippen molar-refractivity contribution < 1.29 is 4.79 Å². The zero-order valence-electron chi connectivity index (χ0n) is 17.2. The first-order chi connectivity index (χ1) is 14.0. The molecule has 1 heterocycles. The zero-order chi connectivity index (χ0) is 20.3. The fourth-order valence-corrected chi connectivity index (χ4v) is 6.80. The molecule has 1 saturated heterocycles. The molecule has 148 valence electrons. The standard InChI is InChI=1S/C26H28NOP/c1-26(2)18-22(27(25(26)28)19-21-12-6-3-7-13-21)20-29(23-14-8-4-9-15-23)24-16-10-5-11-17-24/h3-17,22H,18-20H2,1-2H3/t22-/m0/s1. The molecule has 0 spiro atoms. The zero-order valence-corrected chi connectivity index (χ0v) is 18.1. The van der Waals surface area contributed by atoms with Crippen LogP contribution in [0.3, 0.4) is 0 Å². The van der Waals surface area contributed by atoms with E-state index in [2.05, 4.69) is 104 Å². The third-order valence-electron chi connectivity index (χ3n) is 5.75. The molecular weight excluding hydrogens is 373 g/mol. The number of likely N-dealkylation sites (tertiary alicyclic amines) is 1. The Hall–Kier alpha value is -2.44. The Bertz CT molecular complexity index is 901. The molecule has 0 N–H and O–H groups in total. The predicted molar refractivity (Wildman–Crippen MR) is 123 cm³/mol.